The van der Waals surface area contributed by atoms with Crippen LogP contribution in [0.4, 0.5) is 0 Å². The Morgan fingerprint density at radius 1 is 1.04 bits per heavy atom. The van der Waals surface area contributed by atoms with Gasteiger partial charge in [-0.05, 0) is 76.4 Å². The van der Waals surface area contributed by atoms with Crippen LogP contribution in [0.3, 0.4) is 0 Å². The molecule has 0 amide bonds. The van der Waals surface area contributed by atoms with Crippen LogP contribution in [0.5, 0.6) is 0 Å². The van der Waals surface area contributed by atoms with Crippen LogP contribution in [0, 0.1) is 7.14 Å². The number of hydrogen-bond donors (Lipinski definition) is 1. The molecule has 0 aliphatic carbocycles. The van der Waals surface area contributed by atoms with E-state index in [1.165, 1.54) is 0 Å². The molecule has 0 radical (unpaired) electrons. The molecule has 3 rings (SSSR count). The molecule has 1 aromatic heterocycles. The van der Waals surface area contributed by atoms with E-state index in [0.29, 0.717) is 11.0 Å². The van der Waals surface area contributed by atoms with Gasteiger partial charge in [-0.25, -0.2) is 4.98 Å². The molecule has 0 aliphatic rings. The third-order valence-corrected chi connectivity index (χ3v) is 5.83. The van der Waals surface area contributed by atoms with E-state index in [0.717, 1.165) is 35.7 Å². The molecule has 0 saturated heterocycles. The maximum Gasteiger partial charge on any atom is 0.316 e. The SMILES string of the molecule is CC(Sc1nc(-c2ccc(I)cc2)c(-c2ccc(I)cc2)o1)C(=O)O. The van der Waals surface area contributed by atoms with Gasteiger partial charge in [0.15, 0.2) is 5.76 Å². The number of rotatable bonds is 5. The van der Waals surface area contributed by atoms with Crippen molar-refractivity contribution < 1.29 is 14.3 Å². The van der Waals surface area contributed by atoms with Crippen molar-refractivity contribution in [2.45, 2.75) is 17.4 Å². The molecular weight excluding hydrogens is 564 g/mol. The molecule has 1 heterocycles. The summed E-state index contributed by atoms with van der Waals surface area (Å²) in [7, 11) is 0. The molecule has 1 unspecified atom stereocenters. The van der Waals surface area contributed by atoms with Crippen molar-refractivity contribution in [3.63, 3.8) is 0 Å². The monoisotopic (exact) mass is 577 g/mol. The van der Waals surface area contributed by atoms with Gasteiger partial charge in [0.05, 0.1) is 0 Å². The Balaban J connectivity index is 2.07. The van der Waals surface area contributed by atoms with Crippen molar-refractivity contribution in [2.75, 3.05) is 0 Å². The van der Waals surface area contributed by atoms with Crippen molar-refractivity contribution in [3.05, 3.63) is 55.7 Å². The van der Waals surface area contributed by atoms with Gasteiger partial charge in [0.25, 0.3) is 5.22 Å². The quantitative estimate of drug-likeness (QED) is 0.308. The first-order valence-corrected chi connectivity index (χ1v) is 10.4. The van der Waals surface area contributed by atoms with Gasteiger partial charge < -0.3 is 9.52 Å². The van der Waals surface area contributed by atoms with Gasteiger partial charge in [0.1, 0.15) is 10.9 Å². The number of halogens is 2. The van der Waals surface area contributed by atoms with Gasteiger partial charge in [-0.2, -0.15) is 0 Å². The summed E-state index contributed by atoms with van der Waals surface area (Å²) in [6.07, 6.45) is 0. The van der Waals surface area contributed by atoms with Gasteiger partial charge in [-0.1, -0.05) is 36.0 Å². The van der Waals surface area contributed by atoms with Crippen molar-refractivity contribution in [1.29, 1.82) is 0 Å². The van der Waals surface area contributed by atoms with Gasteiger partial charge in [-0.3, -0.25) is 4.79 Å². The average molecular weight is 577 g/mol. The Kier molecular flexibility index (Phi) is 6.05. The predicted octanol–water partition coefficient (Wildman–Crippen LogP) is 5.78. The summed E-state index contributed by atoms with van der Waals surface area (Å²) in [5.74, 6) is -0.243. The van der Waals surface area contributed by atoms with E-state index in [4.69, 9.17) is 9.52 Å². The molecule has 0 aliphatic heterocycles. The van der Waals surface area contributed by atoms with Gasteiger partial charge in [-0.15, -0.1) is 0 Å². The van der Waals surface area contributed by atoms with Crippen molar-refractivity contribution in [2.24, 2.45) is 0 Å². The molecule has 7 heteroatoms. The summed E-state index contributed by atoms with van der Waals surface area (Å²) in [5.41, 5.74) is 2.57. The number of aromatic nitrogens is 1. The largest absolute Gasteiger partial charge is 0.480 e. The first-order chi connectivity index (χ1) is 11.9. The number of aliphatic carboxylic acids is 1. The van der Waals surface area contributed by atoms with Crippen molar-refractivity contribution >= 4 is 62.9 Å². The maximum atomic E-state index is 11.1. The third kappa shape index (κ3) is 4.56. The first-order valence-electron chi connectivity index (χ1n) is 7.36. The number of oxazole rings is 1. The first kappa shape index (κ1) is 18.7. The average Bonchev–Trinajstić information content (AvgIpc) is 3.00. The molecule has 0 saturated carbocycles. The molecule has 0 bridgehead atoms. The minimum Gasteiger partial charge on any atom is -0.480 e. The summed E-state index contributed by atoms with van der Waals surface area (Å²) in [6, 6.07) is 16.0. The minimum atomic E-state index is -0.894. The lowest BCUT2D eigenvalue weighted by atomic mass is 10.1. The van der Waals surface area contributed by atoms with Crippen LogP contribution in [0.1, 0.15) is 6.92 Å². The Morgan fingerprint density at radius 2 is 1.56 bits per heavy atom. The molecule has 1 N–H and O–H groups in total. The summed E-state index contributed by atoms with van der Waals surface area (Å²) in [4.78, 5) is 15.7. The van der Waals surface area contributed by atoms with E-state index in [-0.39, 0.29) is 0 Å². The molecule has 0 spiro atoms. The Labute approximate surface area is 176 Å². The van der Waals surface area contributed by atoms with E-state index < -0.39 is 11.2 Å². The highest BCUT2D eigenvalue weighted by molar-refractivity contribution is 14.1. The third-order valence-electron chi connectivity index (χ3n) is 3.46. The topological polar surface area (TPSA) is 63.3 Å². The molecule has 0 fully saturated rings. The molecule has 4 nitrogen and oxygen atoms in total. The number of thioether (sulfide) groups is 1. The summed E-state index contributed by atoms with van der Waals surface area (Å²) >= 11 is 5.61. The van der Waals surface area contributed by atoms with E-state index in [1.54, 1.807) is 6.92 Å². The molecule has 1 atom stereocenters. The fourth-order valence-corrected chi connectivity index (χ4v) is 3.55. The van der Waals surface area contributed by atoms with Gasteiger partial charge >= 0.3 is 5.97 Å². The lowest BCUT2D eigenvalue weighted by Gasteiger charge is -2.02. The van der Waals surface area contributed by atoms with Crippen molar-refractivity contribution in [3.8, 4) is 22.6 Å². The maximum absolute atomic E-state index is 11.1. The van der Waals surface area contributed by atoms with E-state index in [1.807, 2.05) is 48.5 Å². The summed E-state index contributed by atoms with van der Waals surface area (Å²) < 4.78 is 8.19. The van der Waals surface area contributed by atoms with Gasteiger partial charge in [0.2, 0.25) is 0 Å². The smallest absolute Gasteiger partial charge is 0.316 e. The zero-order valence-electron chi connectivity index (χ0n) is 13.1. The fraction of sp³-hybridized carbons (Fsp3) is 0.111. The van der Waals surface area contributed by atoms with Crippen LogP contribution in [0.2, 0.25) is 0 Å². The number of hydrogen-bond acceptors (Lipinski definition) is 4. The number of carboxylic acid groups (broad SMARTS) is 1. The van der Waals surface area contributed by atoms with E-state index in [9.17, 15) is 4.79 Å². The van der Waals surface area contributed by atoms with Gasteiger partial charge in [0, 0.05) is 18.3 Å². The standard InChI is InChI=1S/C18H13I2NO3S/c1-10(17(22)23)25-18-21-15(11-2-6-13(19)7-3-11)16(24-18)12-4-8-14(20)9-5-12/h2-10H,1H3,(H,22,23). The number of carbonyl (C=O) groups is 1. The van der Waals surface area contributed by atoms with Crippen LogP contribution in [-0.2, 0) is 4.79 Å². The zero-order chi connectivity index (χ0) is 18.0. The van der Waals surface area contributed by atoms with E-state index >= 15 is 0 Å². The molecule has 128 valence electrons. The zero-order valence-corrected chi connectivity index (χ0v) is 18.2. The Hall–Kier alpha value is -1.07. The summed E-state index contributed by atoms with van der Waals surface area (Å²) in [5, 5.41) is 8.85. The van der Waals surface area contributed by atoms with Crippen LogP contribution in [-0.4, -0.2) is 21.3 Å². The van der Waals surface area contributed by atoms with Crippen LogP contribution in [0.15, 0.2) is 58.2 Å². The molecule has 3 aromatic rings. The van der Waals surface area contributed by atoms with Crippen LogP contribution < -0.4 is 0 Å². The highest BCUT2D eigenvalue weighted by Crippen LogP contribution is 2.37. The minimum absolute atomic E-state index is 0.358. The molecular formula is C18H13I2NO3S. The second-order valence-corrected chi connectivity index (χ2v) is 9.05. The lowest BCUT2D eigenvalue weighted by molar-refractivity contribution is -0.136. The highest BCUT2D eigenvalue weighted by atomic mass is 127. The molecule has 25 heavy (non-hydrogen) atoms. The molecule has 2 aromatic carbocycles. The lowest BCUT2D eigenvalue weighted by Crippen LogP contribution is -2.10. The van der Waals surface area contributed by atoms with E-state index in [2.05, 4.69) is 50.2 Å². The predicted molar refractivity (Wildman–Crippen MR) is 116 cm³/mol. The fourth-order valence-electron chi connectivity index (χ4n) is 2.15. The Morgan fingerprint density at radius 3 is 2.08 bits per heavy atom. The number of nitrogens with zero attached hydrogens (tertiary/aromatic N) is 1. The normalized spacial score (nSPS) is 12.1. The number of carboxylic acids is 1. The Bertz CT molecular complexity index is 829. The van der Waals surface area contributed by atoms with Crippen molar-refractivity contribution in [1.82, 2.24) is 4.98 Å². The second kappa shape index (κ2) is 8.09. The second-order valence-electron chi connectivity index (χ2n) is 5.27. The number of benzene rings is 2. The van der Waals surface area contributed by atoms with Crippen LogP contribution >= 0.6 is 56.9 Å². The van der Waals surface area contributed by atoms with Crippen LogP contribution in [0.25, 0.3) is 22.6 Å². The highest BCUT2D eigenvalue weighted by Gasteiger charge is 2.21. The summed E-state index contributed by atoms with van der Waals surface area (Å²) in [6.45, 7) is 1.62.